The van der Waals surface area contributed by atoms with Crippen molar-refractivity contribution in [3.63, 3.8) is 0 Å². The summed E-state index contributed by atoms with van der Waals surface area (Å²) in [6.45, 7) is 0.413. The number of H-pyrrole nitrogens is 2. The van der Waals surface area contributed by atoms with Crippen molar-refractivity contribution in [3.8, 4) is 17.3 Å². The van der Waals surface area contributed by atoms with Gasteiger partial charge in [0, 0.05) is 30.4 Å². The van der Waals surface area contributed by atoms with E-state index < -0.39 is 0 Å². The van der Waals surface area contributed by atoms with Crippen molar-refractivity contribution in [1.29, 1.82) is 0 Å². The highest BCUT2D eigenvalue weighted by molar-refractivity contribution is 7.16. The molecule has 5 heterocycles. The van der Waals surface area contributed by atoms with Crippen LogP contribution in [-0.4, -0.2) is 36.5 Å². The van der Waals surface area contributed by atoms with Gasteiger partial charge in [-0.15, -0.1) is 11.3 Å². The van der Waals surface area contributed by atoms with E-state index in [1.165, 1.54) is 11.3 Å². The molecule has 0 saturated heterocycles. The number of hydrogen-bond donors (Lipinski definition) is 2. The SMILES string of the molecule is O=c1[nH]cccc1-c1nc(OCCc2c[nH]c3ncccc23)c2ncsc2n1. The Hall–Kier alpha value is -3.59. The number of ether oxygens (including phenoxy) is 1. The van der Waals surface area contributed by atoms with Gasteiger partial charge >= 0.3 is 0 Å². The minimum atomic E-state index is -0.247. The van der Waals surface area contributed by atoms with Crippen molar-refractivity contribution in [2.45, 2.75) is 6.42 Å². The van der Waals surface area contributed by atoms with Crippen LogP contribution in [0.4, 0.5) is 0 Å². The number of aromatic amines is 2. The molecule has 5 aromatic heterocycles. The first kappa shape index (κ1) is 16.6. The first-order valence-corrected chi connectivity index (χ1v) is 9.50. The van der Waals surface area contributed by atoms with Gasteiger partial charge in [-0.05, 0) is 29.8 Å². The average Bonchev–Trinajstić information content (AvgIpc) is 3.35. The Labute approximate surface area is 162 Å². The van der Waals surface area contributed by atoms with Gasteiger partial charge in [0.05, 0.1) is 17.7 Å². The van der Waals surface area contributed by atoms with Crippen molar-refractivity contribution in [2.24, 2.45) is 0 Å². The molecule has 0 aliphatic carbocycles. The molecular formula is C19H14N6O2S. The van der Waals surface area contributed by atoms with Gasteiger partial charge in [0.15, 0.2) is 16.2 Å². The zero-order chi connectivity index (χ0) is 18.9. The molecule has 0 atom stereocenters. The normalized spacial score (nSPS) is 11.3. The topological polar surface area (TPSA) is 109 Å². The highest BCUT2D eigenvalue weighted by Crippen LogP contribution is 2.27. The second-order valence-corrected chi connectivity index (χ2v) is 6.92. The lowest BCUT2D eigenvalue weighted by Crippen LogP contribution is -2.10. The summed E-state index contributed by atoms with van der Waals surface area (Å²) >= 11 is 1.38. The van der Waals surface area contributed by atoms with E-state index in [4.69, 9.17) is 4.74 Å². The Balaban J connectivity index is 1.44. The number of pyridine rings is 2. The summed E-state index contributed by atoms with van der Waals surface area (Å²) in [5.74, 6) is 0.701. The van der Waals surface area contributed by atoms with Gasteiger partial charge < -0.3 is 14.7 Å². The Morgan fingerprint density at radius 1 is 1.11 bits per heavy atom. The van der Waals surface area contributed by atoms with Gasteiger partial charge in [0.25, 0.3) is 5.56 Å². The summed E-state index contributed by atoms with van der Waals surface area (Å²) in [6.07, 6.45) is 5.95. The molecule has 0 aliphatic rings. The quantitative estimate of drug-likeness (QED) is 0.477. The number of nitrogens with one attached hydrogen (secondary N) is 2. The van der Waals surface area contributed by atoms with Gasteiger partial charge in [-0.3, -0.25) is 4.79 Å². The van der Waals surface area contributed by atoms with E-state index in [1.807, 2.05) is 18.3 Å². The van der Waals surface area contributed by atoms with E-state index in [9.17, 15) is 4.79 Å². The lowest BCUT2D eigenvalue weighted by atomic mass is 10.2. The van der Waals surface area contributed by atoms with Crippen LogP contribution >= 0.6 is 11.3 Å². The van der Waals surface area contributed by atoms with Crippen LogP contribution in [0.15, 0.2) is 53.2 Å². The predicted octanol–water partition coefficient (Wildman–Crippen LogP) is 2.94. The first-order chi connectivity index (χ1) is 13.8. The Morgan fingerprint density at radius 3 is 3.00 bits per heavy atom. The fourth-order valence-corrected chi connectivity index (χ4v) is 3.68. The van der Waals surface area contributed by atoms with Crippen molar-refractivity contribution in [3.05, 3.63) is 64.3 Å². The van der Waals surface area contributed by atoms with Crippen LogP contribution in [-0.2, 0) is 6.42 Å². The predicted molar refractivity (Wildman–Crippen MR) is 107 cm³/mol. The molecule has 5 rings (SSSR count). The van der Waals surface area contributed by atoms with Gasteiger partial charge in [-0.1, -0.05) is 0 Å². The van der Waals surface area contributed by atoms with Gasteiger partial charge in [0.1, 0.15) is 5.65 Å². The lowest BCUT2D eigenvalue weighted by molar-refractivity contribution is 0.313. The fraction of sp³-hybridized carbons (Fsp3) is 0.105. The highest BCUT2D eigenvalue weighted by atomic mass is 32.1. The molecule has 0 unspecified atom stereocenters. The molecule has 2 N–H and O–H groups in total. The molecular weight excluding hydrogens is 376 g/mol. The first-order valence-electron chi connectivity index (χ1n) is 8.63. The Bertz CT molecular complexity index is 1340. The molecule has 138 valence electrons. The molecule has 0 aliphatic heterocycles. The highest BCUT2D eigenvalue weighted by Gasteiger charge is 2.15. The molecule has 0 bridgehead atoms. The Kier molecular flexibility index (Phi) is 4.06. The molecule has 0 spiro atoms. The van der Waals surface area contributed by atoms with E-state index in [-0.39, 0.29) is 5.56 Å². The molecule has 5 aromatic rings. The maximum absolute atomic E-state index is 12.1. The van der Waals surface area contributed by atoms with Crippen LogP contribution in [0.5, 0.6) is 5.88 Å². The minimum absolute atomic E-state index is 0.247. The zero-order valence-corrected chi connectivity index (χ0v) is 15.4. The minimum Gasteiger partial charge on any atom is -0.476 e. The number of aromatic nitrogens is 6. The van der Waals surface area contributed by atoms with Crippen molar-refractivity contribution >= 4 is 32.7 Å². The maximum Gasteiger partial charge on any atom is 0.259 e. The van der Waals surface area contributed by atoms with E-state index in [0.29, 0.717) is 40.6 Å². The monoisotopic (exact) mass is 390 g/mol. The second kappa shape index (κ2) is 6.86. The zero-order valence-electron chi connectivity index (χ0n) is 14.5. The van der Waals surface area contributed by atoms with Crippen LogP contribution in [0, 0.1) is 0 Å². The maximum atomic E-state index is 12.1. The number of hydrogen-bond acceptors (Lipinski definition) is 7. The summed E-state index contributed by atoms with van der Waals surface area (Å²) in [7, 11) is 0. The summed E-state index contributed by atoms with van der Waals surface area (Å²) < 4.78 is 5.95. The van der Waals surface area contributed by atoms with Crippen molar-refractivity contribution in [1.82, 2.24) is 29.9 Å². The van der Waals surface area contributed by atoms with E-state index in [2.05, 4.69) is 29.9 Å². The van der Waals surface area contributed by atoms with E-state index in [1.54, 1.807) is 30.0 Å². The summed E-state index contributed by atoms with van der Waals surface area (Å²) in [6, 6.07) is 7.36. The molecule has 0 aromatic carbocycles. The third-order valence-electron chi connectivity index (χ3n) is 4.37. The molecule has 0 saturated carbocycles. The summed E-state index contributed by atoms with van der Waals surface area (Å²) in [4.78, 5) is 36.1. The molecule has 8 nitrogen and oxygen atoms in total. The summed E-state index contributed by atoms with van der Waals surface area (Å²) in [5, 5.41) is 1.07. The Morgan fingerprint density at radius 2 is 2.07 bits per heavy atom. The number of fused-ring (bicyclic) bond motifs is 2. The van der Waals surface area contributed by atoms with Crippen molar-refractivity contribution < 1.29 is 4.74 Å². The van der Waals surface area contributed by atoms with Crippen LogP contribution in [0.1, 0.15) is 5.56 Å². The van der Waals surface area contributed by atoms with Crippen LogP contribution < -0.4 is 10.3 Å². The molecule has 0 amide bonds. The van der Waals surface area contributed by atoms with Gasteiger partial charge in [0.2, 0.25) is 5.88 Å². The van der Waals surface area contributed by atoms with E-state index in [0.717, 1.165) is 16.6 Å². The fourth-order valence-electron chi connectivity index (χ4n) is 3.03. The van der Waals surface area contributed by atoms with Gasteiger partial charge in [-0.25, -0.2) is 15.0 Å². The third kappa shape index (κ3) is 2.91. The largest absolute Gasteiger partial charge is 0.476 e. The molecule has 0 fully saturated rings. The number of thiazole rings is 1. The third-order valence-corrected chi connectivity index (χ3v) is 5.09. The van der Waals surface area contributed by atoms with Crippen molar-refractivity contribution in [2.75, 3.05) is 6.61 Å². The van der Waals surface area contributed by atoms with Crippen LogP contribution in [0.2, 0.25) is 0 Å². The average molecular weight is 390 g/mol. The van der Waals surface area contributed by atoms with E-state index >= 15 is 0 Å². The van der Waals surface area contributed by atoms with Crippen LogP contribution in [0.25, 0.3) is 32.8 Å². The standard InChI is InChI=1S/C19H14N6O2S/c26-17-13(4-2-7-21-17)16-24-18(14-19(25-16)28-10-23-14)27-8-5-11-9-22-15-12(11)3-1-6-20-15/h1-4,6-7,9-10H,5,8H2,(H,20,22)(H,21,26). The second-order valence-electron chi connectivity index (χ2n) is 6.08. The number of rotatable bonds is 5. The molecule has 9 heteroatoms. The smallest absolute Gasteiger partial charge is 0.259 e. The summed E-state index contributed by atoms with van der Waals surface area (Å²) in [5.41, 5.74) is 4.41. The van der Waals surface area contributed by atoms with Gasteiger partial charge in [-0.2, -0.15) is 4.98 Å². The molecule has 28 heavy (non-hydrogen) atoms. The van der Waals surface area contributed by atoms with Crippen LogP contribution in [0.3, 0.4) is 0 Å². The molecule has 0 radical (unpaired) electrons. The lowest BCUT2D eigenvalue weighted by Gasteiger charge is -2.07. The number of nitrogens with zero attached hydrogens (tertiary/aromatic N) is 4.